The Morgan fingerprint density at radius 2 is 1.93 bits per heavy atom. The summed E-state index contributed by atoms with van der Waals surface area (Å²) in [6, 6.07) is 9.48. The van der Waals surface area contributed by atoms with Gasteiger partial charge in [-0.1, -0.05) is 35.5 Å². The van der Waals surface area contributed by atoms with Gasteiger partial charge in [0.15, 0.2) is 5.76 Å². The predicted octanol–water partition coefficient (Wildman–Crippen LogP) is 3.22. The molecule has 1 saturated heterocycles. The van der Waals surface area contributed by atoms with E-state index in [1.807, 2.05) is 37.3 Å². The number of ether oxygens (including phenoxy) is 1. The Bertz CT molecular complexity index is 752. The van der Waals surface area contributed by atoms with Crippen LogP contribution in [0, 0.1) is 6.92 Å². The number of aryl methyl sites for hydroxylation is 1. The molecule has 0 radical (unpaired) electrons. The van der Waals surface area contributed by atoms with E-state index >= 15 is 0 Å². The predicted molar refractivity (Wildman–Crippen MR) is 105 cm³/mol. The van der Waals surface area contributed by atoms with Crippen LogP contribution in [0.25, 0.3) is 11.3 Å². The summed E-state index contributed by atoms with van der Waals surface area (Å²) in [7, 11) is 1.80. The van der Waals surface area contributed by atoms with Crippen molar-refractivity contribution < 1.29 is 14.1 Å². The second kappa shape index (κ2) is 8.54. The van der Waals surface area contributed by atoms with Crippen LogP contribution < -0.4 is 5.32 Å². The number of morpholine rings is 1. The summed E-state index contributed by atoms with van der Waals surface area (Å²) in [5.74, 6) is 0.575. The van der Waals surface area contributed by atoms with Crippen molar-refractivity contribution in [2.24, 2.45) is 0 Å². The summed E-state index contributed by atoms with van der Waals surface area (Å²) in [6.07, 6.45) is 0.446. The number of carbonyl (C=O) groups is 1. The summed E-state index contributed by atoms with van der Waals surface area (Å²) in [6.45, 7) is 9.22. The molecule has 2 amide bonds. The lowest BCUT2D eigenvalue weighted by Gasteiger charge is -2.36. The Hall–Kier alpha value is -2.38. The monoisotopic (exact) mass is 372 g/mol. The summed E-state index contributed by atoms with van der Waals surface area (Å²) < 4.78 is 11.2. The van der Waals surface area contributed by atoms with Crippen LogP contribution in [-0.2, 0) is 4.74 Å². The van der Waals surface area contributed by atoms with Gasteiger partial charge in [-0.2, -0.15) is 0 Å². The van der Waals surface area contributed by atoms with Gasteiger partial charge >= 0.3 is 6.03 Å². The Morgan fingerprint density at radius 1 is 1.26 bits per heavy atom. The lowest BCUT2D eigenvalue weighted by molar-refractivity contribution is -0.0684. The molecular weight excluding hydrogens is 344 g/mol. The van der Waals surface area contributed by atoms with Crippen molar-refractivity contribution in [1.82, 2.24) is 15.0 Å². The summed E-state index contributed by atoms with van der Waals surface area (Å²) >= 11 is 0. The smallest absolute Gasteiger partial charge is 0.321 e. The third kappa shape index (κ3) is 4.87. The van der Waals surface area contributed by atoms with Gasteiger partial charge < -0.3 is 19.5 Å². The van der Waals surface area contributed by atoms with Crippen LogP contribution >= 0.6 is 0 Å². The first kappa shape index (κ1) is 19.4. The van der Waals surface area contributed by atoms with E-state index in [0.29, 0.717) is 23.7 Å². The van der Waals surface area contributed by atoms with Gasteiger partial charge in [-0.25, -0.2) is 4.79 Å². The molecule has 2 heterocycles. The largest absolute Gasteiger partial charge is 0.373 e. The van der Waals surface area contributed by atoms with Gasteiger partial charge in [0.2, 0.25) is 0 Å². The average Bonchev–Trinajstić information content (AvgIpc) is 3.00. The molecule has 146 valence electrons. The number of carbonyl (C=O) groups excluding carboxylic acids is 1. The number of hydrogen-bond donors (Lipinski definition) is 1. The van der Waals surface area contributed by atoms with E-state index in [-0.39, 0.29) is 18.2 Å². The molecule has 3 rings (SSSR count). The highest BCUT2D eigenvalue weighted by atomic mass is 16.5. The number of anilines is 1. The zero-order chi connectivity index (χ0) is 19.4. The number of nitrogens with zero attached hydrogens (tertiary/aromatic N) is 3. The van der Waals surface area contributed by atoms with Crippen LogP contribution in [-0.4, -0.2) is 66.4 Å². The van der Waals surface area contributed by atoms with Crippen molar-refractivity contribution in [3.8, 4) is 11.3 Å². The number of urea groups is 1. The molecule has 2 aromatic rings. The second-order valence-electron chi connectivity index (χ2n) is 7.21. The number of rotatable bonds is 5. The van der Waals surface area contributed by atoms with Crippen molar-refractivity contribution in [1.29, 1.82) is 0 Å². The molecule has 1 aromatic heterocycles. The topological polar surface area (TPSA) is 70.8 Å². The number of amides is 2. The first-order chi connectivity index (χ1) is 12.9. The highest BCUT2D eigenvalue weighted by Gasteiger charge is 2.23. The third-order valence-corrected chi connectivity index (χ3v) is 4.72. The molecule has 0 bridgehead atoms. The maximum atomic E-state index is 12.6. The maximum Gasteiger partial charge on any atom is 0.321 e. The quantitative estimate of drug-likeness (QED) is 0.873. The van der Waals surface area contributed by atoms with E-state index in [9.17, 15) is 4.79 Å². The van der Waals surface area contributed by atoms with E-state index in [1.54, 1.807) is 11.9 Å². The minimum absolute atomic E-state index is 0.173. The molecule has 1 fully saturated rings. The number of nitrogens with one attached hydrogen (secondary N) is 1. The summed E-state index contributed by atoms with van der Waals surface area (Å²) in [5, 5.41) is 6.96. The normalized spacial score (nSPS) is 20.4. The average molecular weight is 372 g/mol. The molecule has 1 aromatic carbocycles. The molecule has 2 atom stereocenters. The van der Waals surface area contributed by atoms with E-state index < -0.39 is 0 Å². The molecule has 0 saturated carbocycles. The highest BCUT2D eigenvalue weighted by Crippen LogP contribution is 2.30. The minimum atomic E-state index is -0.173. The standard InChI is InChI=1S/C20H28N4O3/c1-14-12-24(13-15(2)26-14)11-10-23(4)20(25)21-18-16(3)22-27-19(18)17-8-6-5-7-9-17/h5-9,14-15H,10-13H2,1-4H3,(H,21,25)/t14-,15+. The van der Waals surface area contributed by atoms with Crippen molar-refractivity contribution in [2.45, 2.75) is 33.0 Å². The number of hydrogen-bond acceptors (Lipinski definition) is 5. The van der Waals surface area contributed by atoms with Gasteiger partial charge in [0.25, 0.3) is 0 Å². The van der Waals surface area contributed by atoms with Crippen LogP contribution in [0.1, 0.15) is 19.5 Å². The van der Waals surface area contributed by atoms with Crippen LogP contribution in [0.15, 0.2) is 34.9 Å². The first-order valence-corrected chi connectivity index (χ1v) is 9.35. The van der Waals surface area contributed by atoms with E-state index in [2.05, 4.69) is 29.2 Å². The maximum absolute atomic E-state index is 12.6. The molecule has 7 heteroatoms. The fraction of sp³-hybridized carbons (Fsp3) is 0.500. The van der Waals surface area contributed by atoms with Crippen LogP contribution in [0.4, 0.5) is 10.5 Å². The van der Waals surface area contributed by atoms with Gasteiger partial charge in [0, 0.05) is 38.8 Å². The SMILES string of the molecule is Cc1noc(-c2ccccc2)c1NC(=O)N(C)CCN1C[C@@H](C)O[C@@H](C)C1. The highest BCUT2D eigenvalue weighted by molar-refractivity contribution is 5.93. The molecule has 1 aliphatic rings. The number of aromatic nitrogens is 1. The minimum Gasteiger partial charge on any atom is -0.373 e. The van der Waals surface area contributed by atoms with Gasteiger partial charge in [0.1, 0.15) is 11.4 Å². The van der Waals surface area contributed by atoms with Crippen LogP contribution in [0.5, 0.6) is 0 Å². The Morgan fingerprint density at radius 3 is 2.59 bits per heavy atom. The van der Waals surface area contributed by atoms with Gasteiger partial charge in [-0.05, 0) is 20.8 Å². The number of likely N-dealkylation sites (N-methyl/N-ethyl adjacent to an activating group) is 1. The summed E-state index contributed by atoms with van der Waals surface area (Å²) in [4.78, 5) is 16.7. The number of benzene rings is 1. The summed E-state index contributed by atoms with van der Waals surface area (Å²) in [5.41, 5.74) is 2.16. The second-order valence-corrected chi connectivity index (χ2v) is 7.21. The Balaban J connectivity index is 1.60. The molecule has 1 N–H and O–H groups in total. The van der Waals surface area contributed by atoms with Crippen LogP contribution in [0.2, 0.25) is 0 Å². The van der Waals surface area contributed by atoms with Gasteiger partial charge in [-0.15, -0.1) is 0 Å². The molecule has 1 aliphatic heterocycles. The molecule has 0 spiro atoms. The fourth-order valence-electron chi connectivity index (χ4n) is 3.37. The Labute approximate surface area is 160 Å². The lowest BCUT2D eigenvalue weighted by Crippen LogP contribution is -2.48. The molecule has 27 heavy (non-hydrogen) atoms. The van der Waals surface area contributed by atoms with Crippen molar-refractivity contribution >= 4 is 11.7 Å². The van der Waals surface area contributed by atoms with Crippen molar-refractivity contribution in [2.75, 3.05) is 38.5 Å². The Kier molecular flexibility index (Phi) is 6.13. The first-order valence-electron chi connectivity index (χ1n) is 9.35. The third-order valence-electron chi connectivity index (χ3n) is 4.72. The molecule has 7 nitrogen and oxygen atoms in total. The zero-order valence-electron chi connectivity index (χ0n) is 16.4. The van der Waals surface area contributed by atoms with Gasteiger partial charge in [-0.3, -0.25) is 4.90 Å². The van der Waals surface area contributed by atoms with E-state index in [0.717, 1.165) is 25.2 Å². The van der Waals surface area contributed by atoms with E-state index in [4.69, 9.17) is 9.26 Å². The zero-order valence-corrected chi connectivity index (χ0v) is 16.4. The fourth-order valence-corrected chi connectivity index (χ4v) is 3.37. The van der Waals surface area contributed by atoms with Crippen LogP contribution in [0.3, 0.4) is 0 Å². The van der Waals surface area contributed by atoms with Gasteiger partial charge in [0.05, 0.1) is 12.2 Å². The van der Waals surface area contributed by atoms with E-state index in [1.165, 1.54) is 0 Å². The van der Waals surface area contributed by atoms with Crippen molar-refractivity contribution in [3.05, 3.63) is 36.0 Å². The molecular formula is C20H28N4O3. The lowest BCUT2D eigenvalue weighted by atomic mass is 10.1. The molecule has 0 unspecified atom stereocenters. The van der Waals surface area contributed by atoms with Crippen molar-refractivity contribution in [3.63, 3.8) is 0 Å². The molecule has 0 aliphatic carbocycles.